The van der Waals surface area contributed by atoms with Crippen LogP contribution in [-0.2, 0) is 11.3 Å². The van der Waals surface area contributed by atoms with Crippen molar-refractivity contribution in [3.8, 4) is 11.5 Å². The maximum absolute atomic E-state index is 12.9. The Kier molecular flexibility index (Phi) is 4.02. The second-order valence-electron chi connectivity index (χ2n) is 4.68. The maximum Gasteiger partial charge on any atom is 0.437 e. The van der Waals surface area contributed by atoms with Crippen LogP contribution < -0.4 is 11.1 Å². The molecule has 3 rings (SSSR count). The van der Waals surface area contributed by atoms with Gasteiger partial charge in [0.2, 0.25) is 11.8 Å². The third kappa shape index (κ3) is 3.51. The van der Waals surface area contributed by atoms with Crippen LogP contribution in [0.15, 0.2) is 38.9 Å². The topological polar surface area (TPSA) is 90.0 Å². The van der Waals surface area contributed by atoms with E-state index in [1.54, 1.807) is 5.38 Å². The molecule has 118 valence electrons. The molecule has 0 atom stereocenters. The Hall–Kier alpha value is -2.81. The molecule has 0 saturated heterocycles. The van der Waals surface area contributed by atoms with Crippen molar-refractivity contribution in [1.29, 1.82) is 0 Å². The molecule has 0 radical (unpaired) electrons. The lowest BCUT2D eigenvalue weighted by atomic mass is 10.2. The summed E-state index contributed by atoms with van der Waals surface area (Å²) in [5.41, 5.74) is 1.24. The maximum atomic E-state index is 12.9. The zero-order valence-corrected chi connectivity index (χ0v) is 12.8. The molecule has 0 fully saturated rings. The van der Waals surface area contributed by atoms with Gasteiger partial charge in [0.15, 0.2) is 5.13 Å². The van der Waals surface area contributed by atoms with Crippen LogP contribution in [0.1, 0.15) is 5.69 Å². The monoisotopic (exact) mass is 334 g/mol. The zero-order chi connectivity index (χ0) is 16.4. The van der Waals surface area contributed by atoms with E-state index in [-0.39, 0.29) is 12.4 Å². The van der Waals surface area contributed by atoms with Crippen molar-refractivity contribution >= 4 is 22.4 Å². The number of thiazole rings is 1. The number of benzene rings is 1. The van der Waals surface area contributed by atoms with Crippen molar-refractivity contribution in [2.45, 2.75) is 13.5 Å². The van der Waals surface area contributed by atoms with E-state index in [4.69, 9.17) is 4.42 Å². The van der Waals surface area contributed by atoms with Crippen LogP contribution in [0.25, 0.3) is 11.5 Å². The minimum Gasteiger partial charge on any atom is -0.388 e. The number of nitrogens with one attached hydrogen (secondary N) is 1. The van der Waals surface area contributed by atoms with Gasteiger partial charge in [-0.05, 0) is 31.2 Å². The lowest BCUT2D eigenvalue weighted by Crippen LogP contribution is -2.25. The van der Waals surface area contributed by atoms with Crippen molar-refractivity contribution in [3.63, 3.8) is 0 Å². The SMILES string of the molecule is Cc1csc(NC(=O)Cn2nc(-c3ccc(F)cc3)oc2=O)n1. The molecule has 1 N–H and O–H groups in total. The van der Waals surface area contributed by atoms with Crippen LogP contribution in [0, 0.1) is 12.7 Å². The number of aryl methyl sites for hydroxylation is 1. The van der Waals surface area contributed by atoms with Crippen LogP contribution >= 0.6 is 11.3 Å². The van der Waals surface area contributed by atoms with Crippen LogP contribution in [0.5, 0.6) is 0 Å². The molecule has 0 unspecified atom stereocenters. The molecule has 0 spiro atoms. The Morgan fingerprint density at radius 2 is 2.13 bits per heavy atom. The fourth-order valence-electron chi connectivity index (χ4n) is 1.82. The number of anilines is 1. The quantitative estimate of drug-likeness (QED) is 0.788. The average Bonchev–Trinajstić information content (AvgIpc) is 3.06. The molecule has 2 heterocycles. The van der Waals surface area contributed by atoms with Crippen molar-refractivity contribution in [3.05, 3.63) is 51.7 Å². The first kappa shape index (κ1) is 15.1. The Bertz CT molecular complexity index is 897. The molecule has 0 aliphatic carbocycles. The highest BCUT2D eigenvalue weighted by Gasteiger charge is 2.14. The Balaban J connectivity index is 1.74. The average molecular weight is 334 g/mol. The standard InChI is InChI=1S/C14H11FN4O3S/c1-8-7-23-13(16-8)17-11(20)6-19-14(21)22-12(18-19)9-2-4-10(15)5-3-9/h2-5,7H,6H2,1H3,(H,16,17,20). The summed E-state index contributed by atoms with van der Waals surface area (Å²) in [4.78, 5) is 27.7. The molecule has 0 saturated carbocycles. The number of carbonyl (C=O) groups excluding carboxylic acids is 1. The van der Waals surface area contributed by atoms with Crippen LogP contribution in [0.4, 0.5) is 9.52 Å². The van der Waals surface area contributed by atoms with Gasteiger partial charge in [0.05, 0.1) is 5.69 Å². The predicted octanol–water partition coefficient (Wildman–Crippen LogP) is 2.05. The fraction of sp³-hybridized carbons (Fsp3) is 0.143. The lowest BCUT2D eigenvalue weighted by Gasteiger charge is -1.99. The number of aromatic nitrogens is 3. The summed E-state index contributed by atoms with van der Waals surface area (Å²) in [6.07, 6.45) is 0. The van der Waals surface area contributed by atoms with Crippen molar-refractivity contribution in [2.24, 2.45) is 0 Å². The molecule has 1 aromatic carbocycles. The third-order valence-corrected chi connectivity index (χ3v) is 3.73. The summed E-state index contributed by atoms with van der Waals surface area (Å²) < 4.78 is 18.8. The lowest BCUT2D eigenvalue weighted by molar-refractivity contribution is -0.117. The number of nitrogens with zero attached hydrogens (tertiary/aromatic N) is 3. The number of hydrogen-bond acceptors (Lipinski definition) is 6. The van der Waals surface area contributed by atoms with Gasteiger partial charge < -0.3 is 9.73 Å². The van der Waals surface area contributed by atoms with Gasteiger partial charge >= 0.3 is 5.76 Å². The third-order valence-electron chi connectivity index (χ3n) is 2.86. The van der Waals surface area contributed by atoms with Crippen molar-refractivity contribution < 1.29 is 13.6 Å². The largest absolute Gasteiger partial charge is 0.437 e. The molecule has 7 nitrogen and oxygen atoms in total. The summed E-state index contributed by atoms with van der Waals surface area (Å²) in [6.45, 7) is 1.51. The summed E-state index contributed by atoms with van der Waals surface area (Å²) in [7, 11) is 0. The number of amides is 1. The molecule has 1 amide bonds. The normalized spacial score (nSPS) is 10.7. The smallest absolute Gasteiger partial charge is 0.388 e. The molecule has 0 aliphatic heterocycles. The Morgan fingerprint density at radius 1 is 1.39 bits per heavy atom. The molecule has 3 aromatic rings. The van der Waals surface area contributed by atoms with Crippen LogP contribution in [0.2, 0.25) is 0 Å². The minimum absolute atomic E-state index is 0.0212. The van der Waals surface area contributed by atoms with Gasteiger partial charge in [0.25, 0.3) is 0 Å². The van der Waals surface area contributed by atoms with Crippen molar-refractivity contribution in [2.75, 3.05) is 5.32 Å². The Labute approximate surface area is 133 Å². The molecule has 23 heavy (non-hydrogen) atoms. The van der Waals surface area contributed by atoms with Crippen molar-refractivity contribution in [1.82, 2.24) is 14.8 Å². The highest BCUT2D eigenvalue weighted by Crippen LogP contribution is 2.16. The highest BCUT2D eigenvalue weighted by atomic mass is 32.1. The second-order valence-corrected chi connectivity index (χ2v) is 5.54. The molecular formula is C14H11FN4O3S. The summed E-state index contributed by atoms with van der Waals surface area (Å²) >= 11 is 1.29. The molecule has 0 aliphatic rings. The predicted molar refractivity (Wildman–Crippen MR) is 81.6 cm³/mol. The summed E-state index contributed by atoms with van der Waals surface area (Å²) in [5, 5.41) is 8.75. The first-order chi connectivity index (χ1) is 11.0. The number of hydrogen-bond donors (Lipinski definition) is 1. The van der Waals surface area contributed by atoms with Gasteiger partial charge in [0, 0.05) is 10.9 Å². The van der Waals surface area contributed by atoms with E-state index in [1.165, 1.54) is 35.6 Å². The van der Waals surface area contributed by atoms with Crippen LogP contribution in [-0.4, -0.2) is 20.7 Å². The molecular weight excluding hydrogens is 323 g/mol. The number of rotatable bonds is 4. The minimum atomic E-state index is -0.769. The summed E-state index contributed by atoms with van der Waals surface area (Å²) in [5.74, 6) is -1.60. The fourth-order valence-corrected chi connectivity index (χ4v) is 2.53. The molecule has 0 bridgehead atoms. The first-order valence-corrected chi connectivity index (χ1v) is 7.45. The van der Waals surface area contributed by atoms with E-state index in [1.807, 2.05) is 6.92 Å². The van der Waals surface area contributed by atoms with E-state index in [0.717, 1.165) is 10.4 Å². The second kappa shape index (κ2) is 6.13. The summed E-state index contributed by atoms with van der Waals surface area (Å²) in [6, 6.07) is 5.32. The highest BCUT2D eigenvalue weighted by molar-refractivity contribution is 7.13. The van der Waals surface area contributed by atoms with Crippen LogP contribution in [0.3, 0.4) is 0 Å². The van der Waals surface area contributed by atoms with Gasteiger partial charge in [0.1, 0.15) is 12.4 Å². The van der Waals surface area contributed by atoms with Gasteiger partial charge in [-0.1, -0.05) is 0 Å². The molecule has 9 heteroatoms. The zero-order valence-electron chi connectivity index (χ0n) is 11.9. The Morgan fingerprint density at radius 3 is 2.78 bits per heavy atom. The van der Waals surface area contributed by atoms with Gasteiger partial charge in [-0.25, -0.2) is 14.2 Å². The van der Waals surface area contributed by atoms with E-state index in [2.05, 4.69) is 15.4 Å². The number of halogens is 1. The number of carbonyl (C=O) groups is 1. The van der Waals surface area contributed by atoms with E-state index in [0.29, 0.717) is 10.7 Å². The van der Waals surface area contributed by atoms with Gasteiger partial charge in [-0.2, -0.15) is 4.68 Å². The van der Waals surface area contributed by atoms with Gasteiger partial charge in [-0.15, -0.1) is 16.4 Å². The molecule has 2 aromatic heterocycles. The van der Waals surface area contributed by atoms with E-state index >= 15 is 0 Å². The first-order valence-electron chi connectivity index (χ1n) is 6.57. The van der Waals surface area contributed by atoms with E-state index in [9.17, 15) is 14.0 Å². The van der Waals surface area contributed by atoms with Gasteiger partial charge in [-0.3, -0.25) is 4.79 Å². The van der Waals surface area contributed by atoms with E-state index < -0.39 is 17.5 Å².